The number of benzene rings is 1. The number of hydrogen-bond acceptors (Lipinski definition) is 2. The zero-order valence-corrected chi connectivity index (χ0v) is 11.3. The summed E-state index contributed by atoms with van der Waals surface area (Å²) in [6.07, 6.45) is -2.62. The first-order valence-corrected chi connectivity index (χ1v) is 6.45. The first kappa shape index (κ1) is 15.8. The van der Waals surface area contributed by atoms with Crippen LogP contribution in [0.3, 0.4) is 0 Å². The molecule has 1 aromatic carbocycles. The van der Waals surface area contributed by atoms with Crippen LogP contribution >= 0.6 is 0 Å². The predicted octanol–water partition coefficient (Wildman–Crippen LogP) is 3.77. The Morgan fingerprint density at radius 1 is 1.32 bits per heavy atom. The largest absolute Gasteiger partial charge is 0.490 e. The van der Waals surface area contributed by atoms with Crippen LogP contribution in [0.25, 0.3) is 0 Å². The van der Waals surface area contributed by atoms with Crippen LogP contribution in [0.1, 0.15) is 37.8 Å². The molecule has 0 aromatic heterocycles. The van der Waals surface area contributed by atoms with Gasteiger partial charge in [-0.25, -0.2) is 0 Å². The highest BCUT2D eigenvalue weighted by Gasteiger charge is 2.35. The lowest BCUT2D eigenvalue weighted by molar-refractivity contribution is -0.139. The Kier molecular flexibility index (Phi) is 5.66. The normalized spacial score (nSPS) is 13.4. The summed E-state index contributed by atoms with van der Waals surface area (Å²) >= 11 is 0. The van der Waals surface area contributed by atoms with Crippen molar-refractivity contribution in [2.75, 3.05) is 6.54 Å². The van der Waals surface area contributed by atoms with Crippen molar-refractivity contribution < 1.29 is 17.9 Å². The molecule has 0 spiro atoms. The third kappa shape index (κ3) is 4.74. The van der Waals surface area contributed by atoms with Crippen molar-refractivity contribution in [1.82, 2.24) is 0 Å². The lowest BCUT2D eigenvalue weighted by Crippen LogP contribution is -2.16. The molecule has 1 unspecified atom stereocenters. The second kappa shape index (κ2) is 6.80. The maximum Gasteiger partial charge on any atom is 0.419 e. The van der Waals surface area contributed by atoms with Crippen molar-refractivity contribution in [3.05, 3.63) is 29.3 Å². The average molecular weight is 275 g/mol. The second-order valence-electron chi connectivity index (χ2n) is 4.58. The van der Waals surface area contributed by atoms with E-state index in [1.165, 1.54) is 6.07 Å². The van der Waals surface area contributed by atoms with E-state index >= 15 is 0 Å². The third-order valence-corrected chi connectivity index (χ3v) is 2.81. The molecule has 0 aliphatic heterocycles. The number of ether oxygens (including phenoxy) is 1. The first-order chi connectivity index (χ1) is 8.88. The molecule has 0 amide bonds. The Labute approximate surface area is 111 Å². The Balaban J connectivity index is 3.02. The van der Waals surface area contributed by atoms with Gasteiger partial charge in [-0.1, -0.05) is 19.4 Å². The maximum absolute atomic E-state index is 13.0. The van der Waals surface area contributed by atoms with E-state index in [1.54, 1.807) is 13.0 Å². The predicted molar refractivity (Wildman–Crippen MR) is 69.2 cm³/mol. The molecule has 1 atom stereocenters. The molecule has 5 heteroatoms. The van der Waals surface area contributed by atoms with Gasteiger partial charge in [-0.05, 0) is 44.0 Å². The summed E-state index contributed by atoms with van der Waals surface area (Å²) in [6, 6.07) is 4.15. The molecule has 1 aromatic rings. The summed E-state index contributed by atoms with van der Waals surface area (Å²) in [5, 5.41) is 0. The smallest absolute Gasteiger partial charge is 0.419 e. The van der Waals surface area contributed by atoms with E-state index in [0.717, 1.165) is 18.9 Å². The zero-order valence-electron chi connectivity index (χ0n) is 11.3. The number of alkyl halides is 3. The monoisotopic (exact) mass is 275 g/mol. The van der Waals surface area contributed by atoms with E-state index < -0.39 is 11.7 Å². The molecule has 2 N–H and O–H groups in total. The lowest BCUT2D eigenvalue weighted by atomic mass is 10.1. The van der Waals surface area contributed by atoms with Gasteiger partial charge >= 0.3 is 6.18 Å². The molecule has 0 aliphatic rings. The summed E-state index contributed by atoms with van der Waals surface area (Å²) < 4.78 is 44.4. The van der Waals surface area contributed by atoms with Gasteiger partial charge in [0.1, 0.15) is 5.75 Å². The Morgan fingerprint density at radius 3 is 2.53 bits per heavy atom. The molecular formula is C14H20F3NO. The van der Waals surface area contributed by atoms with Gasteiger partial charge in [-0.2, -0.15) is 13.2 Å². The minimum absolute atomic E-state index is 0.103. The van der Waals surface area contributed by atoms with Crippen LogP contribution < -0.4 is 10.5 Å². The van der Waals surface area contributed by atoms with Crippen molar-refractivity contribution in [2.45, 2.75) is 45.4 Å². The van der Waals surface area contributed by atoms with Gasteiger partial charge in [-0.15, -0.1) is 0 Å². The van der Waals surface area contributed by atoms with Crippen molar-refractivity contribution in [2.24, 2.45) is 5.73 Å². The number of halogens is 3. The van der Waals surface area contributed by atoms with Crippen LogP contribution in [0.15, 0.2) is 18.2 Å². The van der Waals surface area contributed by atoms with Gasteiger partial charge in [0, 0.05) is 0 Å². The van der Waals surface area contributed by atoms with E-state index in [1.807, 2.05) is 6.92 Å². The van der Waals surface area contributed by atoms with Gasteiger partial charge in [0.15, 0.2) is 0 Å². The highest BCUT2D eigenvalue weighted by atomic mass is 19.4. The fraction of sp³-hybridized carbons (Fsp3) is 0.571. The maximum atomic E-state index is 13.0. The van der Waals surface area contributed by atoms with Crippen LogP contribution in [-0.2, 0) is 12.6 Å². The molecule has 19 heavy (non-hydrogen) atoms. The summed E-state index contributed by atoms with van der Waals surface area (Å²) in [7, 11) is 0. The number of hydrogen-bond donors (Lipinski definition) is 1. The molecule has 0 bridgehead atoms. The lowest BCUT2D eigenvalue weighted by Gasteiger charge is -2.19. The quantitative estimate of drug-likeness (QED) is 0.857. The van der Waals surface area contributed by atoms with Gasteiger partial charge in [-0.3, -0.25) is 0 Å². The second-order valence-corrected chi connectivity index (χ2v) is 4.58. The Morgan fingerprint density at radius 2 is 2.00 bits per heavy atom. The van der Waals surface area contributed by atoms with Gasteiger partial charge in [0.25, 0.3) is 0 Å². The molecule has 0 fully saturated rings. The number of nitrogens with two attached hydrogens (primary N) is 1. The van der Waals surface area contributed by atoms with Crippen molar-refractivity contribution >= 4 is 0 Å². The molecule has 0 heterocycles. The van der Waals surface area contributed by atoms with Crippen LogP contribution in [0.5, 0.6) is 5.75 Å². The number of rotatable bonds is 6. The van der Waals surface area contributed by atoms with Gasteiger partial charge in [0.05, 0.1) is 11.7 Å². The van der Waals surface area contributed by atoms with Crippen LogP contribution in [0.2, 0.25) is 0 Å². The molecule has 1 rings (SSSR count). The van der Waals surface area contributed by atoms with E-state index in [-0.39, 0.29) is 11.9 Å². The van der Waals surface area contributed by atoms with Gasteiger partial charge < -0.3 is 10.5 Å². The van der Waals surface area contributed by atoms with E-state index in [0.29, 0.717) is 18.5 Å². The molecule has 0 aliphatic carbocycles. The Hall–Kier alpha value is -1.23. The average Bonchev–Trinajstić information content (AvgIpc) is 2.30. The van der Waals surface area contributed by atoms with Crippen LogP contribution in [0, 0.1) is 0 Å². The first-order valence-electron chi connectivity index (χ1n) is 6.45. The fourth-order valence-corrected chi connectivity index (χ4v) is 1.91. The molecule has 2 nitrogen and oxygen atoms in total. The molecule has 0 saturated heterocycles. The van der Waals surface area contributed by atoms with Crippen LogP contribution in [0.4, 0.5) is 13.2 Å². The summed E-state index contributed by atoms with van der Waals surface area (Å²) in [5.41, 5.74) is 5.22. The third-order valence-electron chi connectivity index (χ3n) is 2.81. The summed E-state index contributed by atoms with van der Waals surface area (Å²) in [5.74, 6) is -0.103. The van der Waals surface area contributed by atoms with Crippen molar-refractivity contribution in [1.29, 1.82) is 0 Å². The molecule has 0 saturated carbocycles. The van der Waals surface area contributed by atoms with Crippen LogP contribution in [-0.4, -0.2) is 12.6 Å². The minimum atomic E-state index is -4.41. The standard InChI is InChI=1S/C14H20F3NO/c1-3-4-10(2)19-13-6-5-11(7-8-18)9-12(13)14(15,16)17/h5-6,9-10H,3-4,7-8,18H2,1-2H3. The molecular weight excluding hydrogens is 255 g/mol. The molecule has 0 radical (unpaired) electrons. The van der Waals surface area contributed by atoms with E-state index in [2.05, 4.69) is 0 Å². The summed E-state index contributed by atoms with van der Waals surface area (Å²) in [6.45, 7) is 4.07. The SMILES string of the molecule is CCCC(C)Oc1ccc(CCN)cc1C(F)(F)F. The zero-order chi connectivity index (χ0) is 14.5. The van der Waals surface area contributed by atoms with Crippen molar-refractivity contribution in [3.8, 4) is 5.75 Å². The van der Waals surface area contributed by atoms with Gasteiger partial charge in [0.2, 0.25) is 0 Å². The van der Waals surface area contributed by atoms with E-state index in [9.17, 15) is 13.2 Å². The van der Waals surface area contributed by atoms with E-state index in [4.69, 9.17) is 10.5 Å². The summed E-state index contributed by atoms with van der Waals surface area (Å²) in [4.78, 5) is 0. The molecule has 108 valence electrons. The Bertz CT molecular complexity index is 404. The minimum Gasteiger partial charge on any atom is -0.490 e. The topological polar surface area (TPSA) is 35.2 Å². The fourth-order valence-electron chi connectivity index (χ4n) is 1.91. The highest BCUT2D eigenvalue weighted by molar-refractivity contribution is 5.39. The van der Waals surface area contributed by atoms with Crippen molar-refractivity contribution in [3.63, 3.8) is 0 Å². The highest BCUT2D eigenvalue weighted by Crippen LogP contribution is 2.37.